The molecule has 4 nitrogen and oxygen atoms in total. The molecule has 3 rings (SSSR count). The third kappa shape index (κ3) is 4.32. The second-order valence-corrected chi connectivity index (χ2v) is 5.61. The summed E-state index contributed by atoms with van der Waals surface area (Å²) < 4.78 is 11.3. The summed E-state index contributed by atoms with van der Waals surface area (Å²) in [5, 5.41) is 2.15. The van der Waals surface area contributed by atoms with E-state index in [1.54, 1.807) is 0 Å². The van der Waals surface area contributed by atoms with E-state index in [0.717, 1.165) is 30.8 Å². The average molecular weight is 312 g/mol. The van der Waals surface area contributed by atoms with Gasteiger partial charge in [-0.15, -0.1) is 0 Å². The van der Waals surface area contributed by atoms with Crippen LogP contribution in [0.2, 0.25) is 0 Å². The van der Waals surface area contributed by atoms with Crippen LogP contribution in [-0.4, -0.2) is 25.5 Å². The van der Waals surface area contributed by atoms with Gasteiger partial charge in [0.2, 0.25) is 0 Å². The summed E-state index contributed by atoms with van der Waals surface area (Å²) in [5.74, 6) is 0. The van der Waals surface area contributed by atoms with E-state index in [0.29, 0.717) is 12.6 Å². The lowest BCUT2D eigenvalue weighted by Gasteiger charge is -2.35. The van der Waals surface area contributed by atoms with E-state index in [2.05, 4.69) is 59.0 Å². The van der Waals surface area contributed by atoms with Crippen LogP contribution in [0.15, 0.2) is 60.7 Å². The van der Waals surface area contributed by atoms with Gasteiger partial charge in [0.1, 0.15) is 0 Å². The molecule has 0 radical (unpaired) electrons. The van der Waals surface area contributed by atoms with Gasteiger partial charge >= 0.3 is 0 Å². The highest BCUT2D eigenvalue weighted by molar-refractivity contribution is 5.61. The fraction of sp³-hybridized carbons (Fsp3) is 0.368. The Balaban J connectivity index is 1.77. The maximum absolute atomic E-state index is 5.66. The molecule has 1 aliphatic rings. The van der Waals surface area contributed by atoms with Crippen LogP contribution in [0.5, 0.6) is 0 Å². The molecular weight excluding hydrogens is 288 g/mol. The lowest BCUT2D eigenvalue weighted by Crippen LogP contribution is -2.47. The third-order valence-electron chi connectivity index (χ3n) is 3.94. The summed E-state index contributed by atoms with van der Waals surface area (Å²) in [5.41, 5.74) is 5.90. The molecule has 0 aromatic heterocycles. The van der Waals surface area contributed by atoms with E-state index in [9.17, 15) is 0 Å². The van der Waals surface area contributed by atoms with Gasteiger partial charge in [-0.25, -0.2) is 5.43 Å². The molecule has 4 heteroatoms. The van der Waals surface area contributed by atoms with E-state index >= 15 is 0 Å². The normalized spacial score (nSPS) is 21.1. The zero-order chi connectivity index (χ0) is 15.9. The van der Waals surface area contributed by atoms with Crippen LogP contribution in [0.25, 0.3) is 0 Å². The van der Waals surface area contributed by atoms with E-state index in [-0.39, 0.29) is 6.29 Å². The topological polar surface area (TPSA) is 33.7 Å². The van der Waals surface area contributed by atoms with E-state index in [4.69, 9.17) is 9.47 Å². The first-order valence-corrected chi connectivity index (χ1v) is 8.26. The number of benzene rings is 2. The van der Waals surface area contributed by atoms with E-state index in [1.807, 2.05) is 19.1 Å². The van der Waals surface area contributed by atoms with Crippen molar-refractivity contribution >= 4 is 11.4 Å². The smallest absolute Gasteiger partial charge is 0.159 e. The van der Waals surface area contributed by atoms with Gasteiger partial charge in [-0.05, 0) is 37.6 Å². The standard InChI is InChI=1S/C19H24N2O2/c1-2-22-19-15-16(13-14-23-19)20-21(17-9-5-3-6-10-17)18-11-7-4-8-12-18/h3-12,16,19-20H,2,13-15H2,1H3/t16-,19-/m0/s1. The maximum Gasteiger partial charge on any atom is 0.159 e. The van der Waals surface area contributed by atoms with Gasteiger partial charge in [0.05, 0.1) is 18.0 Å². The molecule has 2 atom stereocenters. The summed E-state index contributed by atoms with van der Waals surface area (Å²) in [6, 6.07) is 21.1. The van der Waals surface area contributed by atoms with Crippen molar-refractivity contribution in [1.82, 2.24) is 5.43 Å². The van der Waals surface area contributed by atoms with Gasteiger partial charge in [0, 0.05) is 19.1 Å². The maximum atomic E-state index is 5.66. The molecule has 1 heterocycles. The number of para-hydroxylation sites is 2. The zero-order valence-corrected chi connectivity index (χ0v) is 13.5. The predicted octanol–water partition coefficient (Wildman–Crippen LogP) is 3.87. The van der Waals surface area contributed by atoms with Gasteiger partial charge in [0.15, 0.2) is 6.29 Å². The second-order valence-electron chi connectivity index (χ2n) is 5.61. The van der Waals surface area contributed by atoms with E-state index < -0.39 is 0 Å². The second kappa shape index (κ2) is 8.11. The van der Waals surface area contributed by atoms with Crippen LogP contribution >= 0.6 is 0 Å². The van der Waals surface area contributed by atoms with Gasteiger partial charge < -0.3 is 9.47 Å². The number of anilines is 2. The average Bonchev–Trinajstić information content (AvgIpc) is 2.62. The van der Waals surface area contributed by atoms with Crippen molar-refractivity contribution in [2.45, 2.75) is 32.1 Å². The van der Waals surface area contributed by atoms with Crippen molar-refractivity contribution in [1.29, 1.82) is 0 Å². The van der Waals surface area contributed by atoms with Crippen LogP contribution in [0, 0.1) is 0 Å². The van der Waals surface area contributed by atoms with Crippen LogP contribution in [0.4, 0.5) is 11.4 Å². The van der Waals surface area contributed by atoms with Gasteiger partial charge in [0.25, 0.3) is 0 Å². The first-order valence-electron chi connectivity index (χ1n) is 8.26. The Kier molecular flexibility index (Phi) is 5.64. The molecular formula is C19H24N2O2. The Morgan fingerprint density at radius 1 is 1.04 bits per heavy atom. The molecule has 1 N–H and O–H groups in total. The predicted molar refractivity (Wildman–Crippen MR) is 92.5 cm³/mol. The minimum Gasteiger partial charge on any atom is -0.353 e. The lowest BCUT2D eigenvalue weighted by molar-refractivity contribution is -0.165. The number of rotatable bonds is 6. The monoisotopic (exact) mass is 312 g/mol. The zero-order valence-electron chi connectivity index (χ0n) is 13.5. The molecule has 1 saturated heterocycles. The number of nitrogens with zero attached hydrogens (tertiary/aromatic N) is 1. The number of nitrogens with one attached hydrogen (secondary N) is 1. The van der Waals surface area contributed by atoms with Crippen LogP contribution in [-0.2, 0) is 9.47 Å². The molecule has 23 heavy (non-hydrogen) atoms. The van der Waals surface area contributed by atoms with Crippen molar-refractivity contribution in [2.24, 2.45) is 0 Å². The molecule has 1 fully saturated rings. The minimum absolute atomic E-state index is 0.111. The Bertz CT molecular complexity index is 535. The third-order valence-corrected chi connectivity index (χ3v) is 3.94. The van der Waals surface area contributed by atoms with E-state index in [1.165, 1.54) is 0 Å². The van der Waals surface area contributed by atoms with Crippen molar-refractivity contribution in [3.8, 4) is 0 Å². The Labute approximate surface area is 138 Å². The van der Waals surface area contributed by atoms with Crippen molar-refractivity contribution < 1.29 is 9.47 Å². The lowest BCUT2D eigenvalue weighted by atomic mass is 10.1. The molecule has 1 aliphatic heterocycles. The Morgan fingerprint density at radius 2 is 1.65 bits per heavy atom. The molecule has 0 amide bonds. The highest BCUT2D eigenvalue weighted by Crippen LogP contribution is 2.25. The molecule has 0 bridgehead atoms. The summed E-state index contributed by atoms with van der Waals surface area (Å²) in [6.07, 6.45) is 1.71. The fourth-order valence-electron chi connectivity index (χ4n) is 2.81. The summed E-state index contributed by atoms with van der Waals surface area (Å²) in [4.78, 5) is 0. The van der Waals surface area contributed by atoms with Gasteiger partial charge in [-0.3, -0.25) is 5.01 Å². The highest BCUT2D eigenvalue weighted by atomic mass is 16.7. The fourth-order valence-corrected chi connectivity index (χ4v) is 2.81. The largest absolute Gasteiger partial charge is 0.353 e. The summed E-state index contributed by atoms with van der Waals surface area (Å²) in [7, 11) is 0. The van der Waals surface area contributed by atoms with Crippen LogP contribution in [0.1, 0.15) is 19.8 Å². The van der Waals surface area contributed by atoms with Crippen molar-refractivity contribution in [3.05, 3.63) is 60.7 Å². The van der Waals surface area contributed by atoms with Crippen LogP contribution < -0.4 is 10.4 Å². The van der Waals surface area contributed by atoms with Crippen molar-refractivity contribution in [3.63, 3.8) is 0 Å². The molecule has 2 aromatic rings. The SMILES string of the molecule is CCO[C@@H]1C[C@@H](NN(c2ccccc2)c2ccccc2)CCO1. The summed E-state index contributed by atoms with van der Waals surface area (Å²) in [6.45, 7) is 3.40. The first-order chi connectivity index (χ1) is 11.4. The quantitative estimate of drug-likeness (QED) is 0.821. The summed E-state index contributed by atoms with van der Waals surface area (Å²) >= 11 is 0. The number of ether oxygens (including phenoxy) is 2. The molecule has 122 valence electrons. The molecule has 2 aromatic carbocycles. The minimum atomic E-state index is -0.111. The van der Waals surface area contributed by atoms with Crippen LogP contribution in [0.3, 0.4) is 0 Å². The highest BCUT2D eigenvalue weighted by Gasteiger charge is 2.25. The molecule has 0 saturated carbocycles. The molecule has 0 spiro atoms. The number of hydrogen-bond donors (Lipinski definition) is 1. The Morgan fingerprint density at radius 3 is 2.22 bits per heavy atom. The number of hydrazine groups is 1. The Hall–Kier alpha value is -1.88. The van der Waals surface area contributed by atoms with Gasteiger partial charge in [-0.1, -0.05) is 36.4 Å². The number of hydrogen-bond acceptors (Lipinski definition) is 4. The molecule has 0 unspecified atom stereocenters. The first kappa shape index (κ1) is 16.0. The van der Waals surface area contributed by atoms with Gasteiger partial charge in [-0.2, -0.15) is 0 Å². The molecule has 0 aliphatic carbocycles. The van der Waals surface area contributed by atoms with Crippen molar-refractivity contribution in [2.75, 3.05) is 18.2 Å².